The summed E-state index contributed by atoms with van der Waals surface area (Å²) in [5.74, 6) is 4.98. The van der Waals surface area contributed by atoms with Crippen LogP contribution < -0.4 is 9.47 Å². The first-order chi connectivity index (χ1) is 19.6. The van der Waals surface area contributed by atoms with E-state index in [0.29, 0.717) is 25.9 Å². The van der Waals surface area contributed by atoms with Crippen LogP contribution in [0.3, 0.4) is 0 Å². The quantitative estimate of drug-likeness (QED) is 0.152. The van der Waals surface area contributed by atoms with Gasteiger partial charge in [-0.1, -0.05) is 83.4 Å². The summed E-state index contributed by atoms with van der Waals surface area (Å²) in [6.07, 6.45) is 6.25. The number of hydrogen-bond acceptors (Lipinski definition) is 4. The molecule has 4 rings (SSSR count). The molecule has 2 aliphatic rings. The average molecular weight is 797 g/mol. The van der Waals surface area contributed by atoms with Crippen LogP contribution in [0.2, 0.25) is 0 Å². The van der Waals surface area contributed by atoms with Gasteiger partial charge in [0.05, 0.1) is 13.2 Å². The van der Waals surface area contributed by atoms with Gasteiger partial charge in [0.25, 0.3) is 0 Å². The van der Waals surface area contributed by atoms with Crippen molar-refractivity contribution in [2.75, 3.05) is 33.5 Å². The summed E-state index contributed by atoms with van der Waals surface area (Å²) >= 11 is 4.24. The first-order valence-corrected chi connectivity index (χ1v) is 21.5. The van der Waals surface area contributed by atoms with E-state index >= 15 is 0 Å². The molecule has 0 radical (unpaired) electrons. The molecule has 2 aromatic rings. The third-order valence-corrected chi connectivity index (χ3v) is 7.37. The zero-order valence-electron chi connectivity index (χ0n) is 27.7. The van der Waals surface area contributed by atoms with Gasteiger partial charge in [-0.3, -0.25) is 0 Å². The maximum Gasteiger partial charge on any atom is 0.125 e. The third kappa shape index (κ3) is 17.3. The van der Waals surface area contributed by atoms with Crippen molar-refractivity contribution in [2.45, 2.75) is 101 Å². The summed E-state index contributed by atoms with van der Waals surface area (Å²) in [7, 11) is 1.68. The topological polar surface area (TPSA) is 40.2 Å². The van der Waals surface area contributed by atoms with Gasteiger partial charge in [0.1, 0.15) is 30.8 Å². The number of methoxy groups -OCH3 is 1. The number of ether oxygens (including phenoxy) is 4. The summed E-state index contributed by atoms with van der Waals surface area (Å²) in [4.78, 5) is 0. The van der Waals surface area contributed by atoms with Gasteiger partial charge in [-0.05, 0) is 87.5 Å². The highest BCUT2D eigenvalue weighted by atomic mass is 128. The van der Waals surface area contributed by atoms with E-state index in [2.05, 4.69) is 117 Å². The van der Waals surface area contributed by atoms with Crippen LogP contribution >= 0.6 is 37.2 Å². The Kier molecular flexibility index (Phi) is 23.5. The zero-order valence-corrected chi connectivity index (χ0v) is 32.1. The molecule has 0 spiro atoms. The predicted molar refractivity (Wildman–Crippen MR) is 195 cm³/mol. The van der Waals surface area contributed by atoms with Crippen LogP contribution in [0.4, 0.5) is 0 Å². The predicted octanol–water partition coefficient (Wildman–Crippen LogP) is 11.0. The maximum absolute atomic E-state index is 5.67. The number of halogens is 2. The lowest BCUT2D eigenvalue weighted by atomic mass is 9.78. The first-order valence-electron chi connectivity index (χ1n) is 15.3. The van der Waals surface area contributed by atoms with Crippen LogP contribution in [-0.4, -0.2) is 39.6 Å². The van der Waals surface area contributed by atoms with E-state index in [1.165, 1.54) is 53.5 Å². The second-order valence-electron chi connectivity index (χ2n) is 11.3. The van der Waals surface area contributed by atoms with Crippen molar-refractivity contribution in [3.05, 3.63) is 58.1 Å². The fraction of sp³-hybridized carbons (Fsp3) is 0.657. The normalized spacial score (nSPS) is 18.6. The lowest BCUT2D eigenvalue weighted by Gasteiger charge is -2.28. The van der Waals surface area contributed by atoms with Crippen molar-refractivity contribution in [2.24, 2.45) is 17.8 Å². The number of benzene rings is 2. The highest BCUT2D eigenvalue weighted by Gasteiger charge is 2.23. The van der Waals surface area contributed by atoms with Crippen molar-refractivity contribution in [3.63, 3.8) is 0 Å². The Balaban J connectivity index is 0.000000557. The molecule has 1 saturated carbocycles. The zero-order chi connectivity index (χ0) is 31.4. The Morgan fingerprint density at radius 3 is 1.73 bits per heavy atom. The molecule has 2 aromatic carbocycles. The minimum absolute atomic E-state index is 0.332. The summed E-state index contributed by atoms with van der Waals surface area (Å²) in [5, 5.41) is 0. The van der Waals surface area contributed by atoms with Crippen molar-refractivity contribution in [3.8, 4) is 11.5 Å². The highest BCUT2D eigenvalue weighted by Crippen LogP contribution is 2.32. The fourth-order valence-electron chi connectivity index (χ4n) is 4.94. The molecule has 0 N–H and O–H groups in total. The lowest BCUT2D eigenvalue weighted by molar-refractivity contribution is 0.145. The van der Waals surface area contributed by atoms with Crippen molar-refractivity contribution < 1.29 is 18.9 Å². The molecule has 236 valence electrons. The SMILES string of the molecule is CC.CC1CCC(C(C)C)CC1.COCCOc1c(C)cc(C)cc1C.Cc1cccc(C)c1OCC1CO1.II. The van der Waals surface area contributed by atoms with E-state index in [0.717, 1.165) is 35.9 Å². The van der Waals surface area contributed by atoms with Crippen LogP contribution in [0.25, 0.3) is 0 Å². The van der Waals surface area contributed by atoms with Crippen LogP contribution in [0.5, 0.6) is 11.5 Å². The fourth-order valence-corrected chi connectivity index (χ4v) is 4.94. The van der Waals surface area contributed by atoms with Gasteiger partial charge in [-0.2, -0.15) is 0 Å². The van der Waals surface area contributed by atoms with Gasteiger partial charge in [-0.25, -0.2) is 0 Å². The summed E-state index contributed by atoms with van der Waals surface area (Å²) < 4.78 is 21.3. The molecule has 4 nitrogen and oxygen atoms in total. The largest absolute Gasteiger partial charge is 0.491 e. The van der Waals surface area contributed by atoms with Crippen LogP contribution in [-0.2, 0) is 9.47 Å². The first kappa shape index (κ1) is 40.4. The summed E-state index contributed by atoms with van der Waals surface area (Å²) in [6.45, 7) is 24.3. The standard InChI is InChI=1S/C12H18O2.C11H14O2.C10H20.C2H6.I2/c1-9-7-10(2)12(11(3)8-9)14-6-5-13-4;1-8-4-3-5-9(2)11(8)13-7-10-6-12-10;1-8(2)10-6-4-9(3)5-7-10;2*1-2/h7-8H,5-6H2,1-4H3;3-5,10H,6-7H2,1-2H3;8-10H,4-7H2,1-3H3;1-2H3;. The lowest BCUT2D eigenvalue weighted by Crippen LogP contribution is -2.16. The van der Waals surface area contributed by atoms with Gasteiger partial charge in [0.2, 0.25) is 0 Å². The Morgan fingerprint density at radius 1 is 0.805 bits per heavy atom. The number of rotatable bonds is 8. The van der Waals surface area contributed by atoms with Gasteiger partial charge in [-0.15, -0.1) is 0 Å². The van der Waals surface area contributed by atoms with Gasteiger partial charge in [0, 0.05) is 44.3 Å². The second-order valence-corrected chi connectivity index (χ2v) is 11.3. The maximum atomic E-state index is 5.67. The summed E-state index contributed by atoms with van der Waals surface area (Å²) in [6, 6.07) is 10.4. The molecular formula is C35H58I2O4. The summed E-state index contributed by atoms with van der Waals surface area (Å²) in [5.41, 5.74) is 6.05. The minimum Gasteiger partial charge on any atom is -0.491 e. The van der Waals surface area contributed by atoms with Crippen LogP contribution in [0.15, 0.2) is 30.3 Å². The molecule has 0 aromatic heterocycles. The number of para-hydroxylation sites is 1. The van der Waals surface area contributed by atoms with Crippen molar-refractivity contribution in [1.29, 1.82) is 0 Å². The Morgan fingerprint density at radius 2 is 1.29 bits per heavy atom. The van der Waals surface area contributed by atoms with Crippen LogP contribution in [0.1, 0.15) is 88.1 Å². The third-order valence-electron chi connectivity index (χ3n) is 7.37. The molecule has 1 heterocycles. The van der Waals surface area contributed by atoms with E-state index in [1.54, 1.807) is 7.11 Å². The molecule has 6 heteroatoms. The second kappa shape index (κ2) is 23.8. The Bertz CT molecular complexity index is 893. The molecule has 41 heavy (non-hydrogen) atoms. The van der Waals surface area contributed by atoms with Crippen LogP contribution in [0, 0.1) is 52.4 Å². The molecule has 0 bridgehead atoms. The molecule has 1 aliphatic carbocycles. The van der Waals surface area contributed by atoms with E-state index in [4.69, 9.17) is 18.9 Å². The molecule has 1 saturated heterocycles. The van der Waals surface area contributed by atoms with Gasteiger partial charge in [0.15, 0.2) is 0 Å². The van der Waals surface area contributed by atoms with Crippen molar-refractivity contribution in [1.82, 2.24) is 0 Å². The van der Waals surface area contributed by atoms with E-state index in [-0.39, 0.29) is 0 Å². The Hall–Kier alpha value is -0.580. The number of epoxide rings is 1. The molecule has 0 amide bonds. The average Bonchev–Trinajstić information content (AvgIpc) is 3.78. The van der Waals surface area contributed by atoms with Gasteiger partial charge < -0.3 is 18.9 Å². The van der Waals surface area contributed by atoms with E-state index in [1.807, 2.05) is 19.9 Å². The van der Waals surface area contributed by atoms with E-state index in [9.17, 15) is 0 Å². The highest BCUT2D eigenvalue weighted by molar-refractivity contribution is 15.0. The minimum atomic E-state index is 0.332. The Labute approximate surface area is 276 Å². The molecule has 1 aliphatic heterocycles. The van der Waals surface area contributed by atoms with E-state index < -0.39 is 0 Å². The molecule has 2 fully saturated rings. The molecular weight excluding hydrogens is 738 g/mol. The monoisotopic (exact) mass is 796 g/mol. The van der Waals surface area contributed by atoms with Crippen molar-refractivity contribution >= 4 is 37.2 Å². The van der Waals surface area contributed by atoms with Gasteiger partial charge >= 0.3 is 0 Å². The number of aryl methyl sites for hydroxylation is 5. The number of hydrogen-bond donors (Lipinski definition) is 0. The molecule has 1 unspecified atom stereocenters. The smallest absolute Gasteiger partial charge is 0.125 e. The molecule has 1 atom stereocenters.